The summed E-state index contributed by atoms with van der Waals surface area (Å²) in [5.74, 6) is -2.28. The highest BCUT2D eigenvalue weighted by Crippen LogP contribution is 2.26. The van der Waals surface area contributed by atoms with Gasteiger partial charge in [0.05, 0.1) is 35.4 Å². The molecule has 0 aromatic heterocycles. The van der Waals surface area contributed by atoms with E-state index in [1.165, 1.54) is 23.1 Å². The van der Waals surface area contributed by atoms with Crippen molar-refractivity contribution in [2.75, 3.05) is 31.2 Å². The van der Waals surface area contributed by atoms with E-state index in [0.717, 1.165) is 17.7 Å². The van der Waals surface area contributed by atoms with E-state index in [1.807, 2.05) is 6.07 Å². The average Bonchev–Trinajstić information content (AvgIpc) is 3.44. The average molecular weight is 447 g/mol. The number of rotatable bonds is 7. The number of fused-ring (bicyclic) bond motifs is 1. The number of anilines is 1. The number of hydrogen-bond acceptors (Lipinski definition) is 7. The SMILES string of the molecule is N#CCN(C(=O)COC(=O)c1ccc2c(c1)C(=O)N(CC1CCCO1)C2=O)c1ccccc1. The molecule has 9 heteroatoms. The van der Waals surface area contributed by atoms with Crippen molar-refractivity contribution in [3.05, 3.63) is 65.2 Å². The van der Waals surface area contributed by atoms with E-state index < -0.39 is 30.3 Å². The largest absolute Gasteiger partial charge is 0.452 e. The number of para-hydroxylation sites is 1. The van der Waals surface area contributed by atoms with Gasteiger partial charge in [-0.25, -0.2) is 4.79 Å². The van der Waals surface area contributed by atoms with Gasteiger partial charge in [0, 0.05) is 12.3 Å². The molecule has 1 fully saturated rings. The Morgan fingerprint density at radius 2 is 1.88 bits per heavy atom. The number of ether oxygens (including phenoxy) is 2. The van der Waals surface area contributed by atoms with Crippen LogP contribution in [0.25, 0.3) is 0 Å². The van der Waals surface area contributed by atoms with E-state index >= 15 is 0 Å². The molecule has 2 aliphatic heterocycles. The third-order valence-electron chi connectivity index (χ3n) is 5.54. The first kappa shape index (κ1) is 22.2. The Morgan fingerprint density at radius 3 is 2.58 bits per heavy atom. The minimum atomic E-state index is -0.811. The van der Waals surface area contributed by atoms with Gasteiger partial charge < -0.3 is 9.47 Å². The smallest absolute Gasteiger partial charge is 0.338 e. The molecule has 2 heterocycles. The van der Waals surface area contributed by atoms with Crippen LogP contribution in [-0.4, -0.2) is 61.0 Å². The molecular weight excluding hydrogens is 426 g/mol. The van der Waals surface area contributed by atoms with Gasteiger partial charge in [0.15, 0.2) is 6.61 Å². The summed E-state index contributed by atoms with van der Waals surface area (Å²) in [5, 5.41) is 9.03. The van der Waals surface area contributed by atoms with Crippen LogP contribution in [0.2, 0.25) is 0 Å². The van der Waals surface area contributed by atoms with Crippen LogP contribution < -0.4 is 4.90 Å². The van der Waals surface area contributed by atoms with Crippen molar-refractivity contribution in [1.29, 1.82) is 5.26 Å². The Labute approximate surface area is 190 Å². The fraction of sp³-hybridized carbons (Fsp3) is 0.292. The van der Waals surface area contributed by atoms with Crippen molar-refractivity contribution in [2.24, 2.45) is 0 Å². The molecule has 2 aromatic carbocycles. The van der Waals surface area contributed by atoms with Crippen LogP contribution in [0.5, 0.6) is 0 Å². The zero-order chi connectivity index (χ0) is 23.4. The summed E-state index contributed by atoms with van der Waals surface area (Å²) in [6.07, 6.45) is 1.49. The molecule has 0 bridgehead atoms. The van der Waals surface area contributed by atoms with Crippen molar-refractivity contribution >= 4 is 29.4 Å². The Balaban J connectivity index is 1.42. The summed E-state index contributed by atoms with van der Waals surface area (Å²) >= 11 is 0. The first-order valence-electron chi connectivity index (χ1n) is 10.5. The Hall–Kier alpha value is -4.03. The highest BCUT2D eigenvalue weighted by molar-refractivity contribution is 6.22. The van der Waals surface area contributed by atoms with Gasteiger partial charge in [-0.1, -0.05) is 18.2 Å². The molecule has 0 spiro atoms. The highest BCUT2D eigenvalue weighted by Gasteiger charge is 2.38. The molecule has 0 N–H and O–H groups in total. The van der Waals surface area contributed by atoms with Gasteiger partial charge in [-0.3, -0.25) is 24.2 Å². The fourth-order valence-electron chi connectivity index (χ4n) is 3.87. The third-order valence-corrected chi connectivity index (χ3v) is 5.54. The van der Waals surface area contributed by atoms with Crippen LogP contribution >= 0.6 is 0 Å². The van der Waals surface area contributed by atoms with Gasteiger partial charge in [-0.2, -0.15) is 5.26 Å². The lowest BCUT2D eigenvalue weighted by molar-refractivity contribution is -0.121. The topological polar surface area (TPSA) is 117 Å². The normalized spacial score (nSPS) is 16.9. The van der Waals surface area contributed by atoms with Crippen LogP contribution in [0.4, 0.5) is 5.69 Å². The van der Waals surface area contributed by atoms with Crippen LogP contribution in [0.1, 0.15) is 43.9 Å². The molecular formula is C24H21N3O6. The predicted molar refractivity (Wildman–Crippen MR) is 115 cm³/mol. The first-order chi connectivity index (χ1) is 16.0. The third kappa shape index (κ3) is 4.61. The monoisotopic (exact) mass is 447 g/mol. The summed E-state index contributed by atoms with van der Waals surface area (Å²) in [5.41, 5.74) is 0.894. The minimum Gasteiger partial charge on any atom is -0.452 e. The first-order valence-corrected chi connectivity index (χ1v) is 10.5. The molecule has 1 atom stereocenters. The summed E-state index contributed by atoms with van der Waals surface area (Å²) in [7, 11) is 0. The number of imide groups is 1. The van der Waals surface area contributed by atoms with Crippen molar-refractivity contribution in [3.63, 3.8) is 0 Å². The van der Waals surface area contributed by atoms with Gasteiger partial charge >= 0.3 is 5.97 Å². The van der Waals surface area contributed by atoms with Crippen LogP contribution in [0, 0.1) is 11.3 Å². The summed E-state index contributed by atoms with van der Waals surface area (Å²) < 4.78 is 10.6. The van der Waals surface area contributed by atoms with E-state index in [1.54, 1.807) is 30.3 Å². The number of nitriles is 1. The fourth-order valence-corrected chi connectivity index (χ4v) is 3.87. The Bertz CT molecular complexity index is 1130. The van der Waals surface area contributed by atoms with Gasteiger partial charge in [0.25, 0.3) is 17.7 Å². The van der Waals surface area contributed by atoms with Crippen LogP contribution in [-0.2, 0) is 14.3 Å². The zero-order valence-corrected chi connectivity index (χ0v) is 17.7. The van der Waals surface area contributed by atoms with E-state index in [2.05, 4.69) is 0 Å². The summed E-state index contributed by atoms with van der Waals surface area (Å²) in [6, 6.07) is 14.6. The van der Waals surface area contributed by atoms with Crippen LogP contribution in [0.15, 0.2) is 48.5 Å². The second kappa shape index (κ2) is 9.63. The van der Waals surface area contributed by atoms with E-state index in [-0.39, 0.29) is 35.9 Å². The van der Waals surface area contributed by atoms with Gasteiger partial charge in [-0.05, 0) is 43.2 Å². The predicted octanol–water partition coefficient (Wildman–Crippen LogP) is 2.18. The van der Waals surface area contributed by atoms with Crippen molar-refractivity contribution in [3.8, 4) is 6.07 Å². The number of esters is 1. The maximum atomic E-state index is 12.8. The zero-order valence-electron chi connectivity index (χ0n) is 17.7. The molecule has 1 unspecified atom stereocenters. The number of amides is 3. The van der Waals surface area contributed by atoms with Gasteiger partial charge in [0.2, 0.25) is 0 Å². The molecule has 33 heavy (non-hydrogen) atoms. The number of carbonyl (C=O) groups excluding carboxylic acids is 4. The quantitative estimate of drug-likeness (QED) is 0.363. The molecule has 2 aliphatic rings. The Morgan fingerprint density at radius 1 is 1.12 bits per heavy atom. The molecule has 0 saturated carbocycles. The van der Waals surface area contributed by atoms with Crippen LogP contribution in [0.3, 0.4) is 0 Å². The molecule has 9 nitrogen and oxygen atoms in total. The summed E-state index contributed by atoms with van der Waals surface area (Å²) in [6.45, 7) is 0.00830. The Kier molecular flexibility index (Phi) is 6.47. The second-order valence-electron chi connectivity index (χ2n) is 7.67. The lowest BCUT2D eigenvalue weighted by Gasteiger charge is -2.19. The standard InChI is InChI=1S/C24H21N3O6/c25-10-11-26(17-5-2-1-3-6-17)21(28)15-33-24(31)16-8-9-19-20(13-16)23(30)27(22(19)29)14-18-7-4-12-32-18/h1-3,5-6,8-9,13,18H,4,7,11-12,14-15H2. The summed E-state index contributed by atoms with van der Waals surface area (Å²) in [4.78, 5) is 52.8. The number of carbonyl (C=O) groups is 4. The molecule has 0 aliphatic carbocycles. The van der Waals surface area contributed by atoms with E-state index in [0.29, 0.717) is 12.3 Å². The van der Waals surface area contributed by atoms with Crippen molar-refractivity contribution in [2.45, 2.75) is 18.9 Å². The van der Waals surface area contributed by atoms with E-state index in [9.17, 15) is 19.2 Å². The maximum absolute atomic E-state index is 12.8. The van der Waals surface area contributed by atoms with Crippen molar-refractivity contribution in [1.82, 2.24) is 4.90 Å². The lowest BCUT2D eigenvalue weighted by atomic mass is 10.1. The van der Waals surface area contributed by atoms with Gasteiger partial charge in [-0.15, -0.1) is 0 Å². The molecule has 1 saturated heterocycles. The second-order valence-corrected chi connectivity index (χ2v) is 7.67. The molecule has 4 rings (SSSR count). The van der Waals surface area contributed by atoms with Gasteiger partial charge in [0.1, 0.15) is 6.54 Å². The molecule has 2 aromatic rings. The lowest BCUT2D eigenvalue weighted by Crippen LogP contribution is -2.36. The van der Waals surface area contributed by atoms with Crippen molar-refractivity contribution < 1.29 is 28.7 Å². The number of nitrogens with zero attached hydrogens (tertiary/aromatic N) is 3. The number of benzene rings is 2. The minimum absolute atomic E-state index is 0.0493. The van der Waals surface area contributed by atoms with E-state index in [4.69, 9.17) is 14.7 Å². The number of hydrogen-bond donors (Lipinski definition) is 0. The molecule has 168 valence electrons. The molecule has 0 radical (unpaired) electrons. The highest BCUT2D eigenvalue weighted by atomic mass is 16.5. The maximum Gasteiger partial charge on any atom is 0.338 e. The molecule has 3 amide bonds.